The number of benzene rings is 3. The number of rotatable bonds is 8. The number of aryl methyl sites for hydroxylation is 1. The Labute approximate surface area is 186 Å². The SMILES string of the molecule is COc1cc(C=C2N=C(c3ccccc3)OC2=O)ccc1OCCOc1cccc(C)c1. The normalized spacial score (nSPS) is 14.1. The van der Waals surface area contributed by atoms with E-state index in [1.165, 1.54) is 0 Å². The summed E-state index contributed by atoms with van der Waals surface area (Å²) >= 11 is 0. The number of carbonyl (C=O) groups is 1. The van der Waals surface area contributed by atoms with Crippen molar-refractivity contribution in [1.29, 1.82) is 0 Å². The molecule has 0 saturated heterocycles. The fourth-order valence-electron chi connectivity index (χ4n) is 3.18. The summed E-state index contributed by atoms with van der Waals surface area (Å²) in [7, 11) is 1.57. The summed E-state index contributed by atoms with van der Waals surface area (Å²) in [6.07, 6.45) is 1.66. The van der Waals surface area contributed by atoms with Gasteiger partial charge in [0, 0.05) is 5.56 Å². The van der Waals surface area contributed by atoms with E-state index in [1.807, 2.05) is 67.6 Å². The van der Waals surface area contributed by atoms with Gasteiger partial charge >= 0.3 is 5.97 Å². The molecular weight excluding hydrogens is 406 g/mol. The van der Waals surface area contributed by atoms with Crippen LogP contribution in [0.4, 0.5) is 0 Å². The third kappa shape index (κ3) is 5.16. The molecule has 0 aliphatic carbocycles. The molecule has 0 fully saturated rings. The van der Waals surface area contributed by atoms with Crippen molar-refractivity contribution in [2.24, 2.45) is 4.99 Å². The lowest BCUT2D eigenvalue weighted by Gasteiger charge is -2.12. The molecule has 3 aromatic rings. The predicted octanol–water partition coefficient (Wildman–Crippen LogP) is 4.81. The summed E-state index contributed by atoms with van der Waals surface area (Å²) < 4.78 is 22.3. The molecule has 0 N–H and O–H groups in total. The Morgan fingerprint density at radius 1 is 0.906 bits per heavy atom. The van der Waals surface area contributed by atoms with Crippen LogP contribution in [0.1, 0.15) is 16.7 Å². The summed E-state index contributed by atoms with van der Waals surface area (Å²) in [6, 6.07) is 22.6. The van der Waals surface area contributed by atoms with Crippen molar-refractivity contribution in [3.8, 4) is 17.2 Å². The van der Waals surface area contributed by atoms with Crippen molar-refractivity contribution < 1.29 is 23.7 Å². The van der Waals surface area contributed by atoms with E-state index < -0.39 is 5.97 Å². The molecule has 1 aliphatic rings. The molecule has 6 nitrogen and oxygen atoms in total. The Bertz CT molecular complexity index is 1170. The molecule has 3 aromatic carbocycles. The van der Waals surface area contributed by atoms with Crippen molar-refractivity contribution in [1.82, 2.24) is 0 Å². The Morgan fingerprint density at radius 3 is 2.50 bits per heavy atom. The van der Waals surface area contributed by atoms with Gasteiger partial charge in [-0.3, -0.25) is 0 Å². The van der Waals surface area contributed by atoms with E-state index >= 15 is 0 Å². The summed E-state index contributed by atoms with van der Waals surface area (Å²) in [5.74, 6) is 1.75. The molecule has 0 aromatic heterocycles. The van der Waals surface area contributed by atoms with Crippen molar-refractivity contribution in [2.75, 3.05) is 20.3 Å². The molecule has 162 valence electrons. The number of cyclic esters (lactones) is 1. The monoisotopic (exact) mass is 429 g/mol. The van der Waals surface area contributed by atoms with Crippen molar-refractivity contribution in [2.45, 2.75) is 6.92 Å². The molecule has 0 atom stereocenters. The molecule has 0 radical (unpaired) electrons. The molecule has 0 saturated carbocycles. The topological polar surface area (TPSA) is 66.4 Å². The first-order valence-electron chi connectivity index (χ1n) is 10.2. The zero-order valence-corrected chi connectivity index (χ0v) is 17.9. The van der Waals surface area contributed by atoms with E-state index in [4.69, 9.17) is 18.9 Å². The number of ether oxygens (including phenoxy) is 4. The van der Waals surface area contributed by atoms with Crippen LogP contribution in [-0.4, -0.2) is 32.2 Å². The number of esters is 1. The Morgan fingerprint density at radius 2 is 1.72 bits per heavy atom. The van der Waals surface area contributed by atoms with Gasteiger partial charge in [0.05, 0.1) is 7.11 Å². The van der Waals surface area contributed by atoms with Gasteiger partial charge in [-0.15, -0.1) is 0 Å². The highest BCUT2D eigenvalue weighted by Gasteiger charge is 2.24. The Hall–Kier alpha value is -4.06. The number of hydrogen-bond donors (Lipinski definition) is 0. The van der Waals surface area contributed by atoms with Crippen molar-refractivity contribution >= 4 is 17.9 Å². The lowest BCUT2D eigenvalue weighted by atomic mass is 10.1. The van der Waals surface area contributed by atoms with Gasteiger partial charge in [0.1, 0.15) is 19.0 Å². The largest absolute Gasteiger partial charge is 0.493 e. The highest BCUT2D eigenvalue weighted by atomic mass is 16.6. The molecule has 6 heteroatoms. The van der Waals surface area contributed by atoms with Gasteiger partial charge in [-0.2, -0.15) is 0 Å². The summed E-state index contributed by atoms with van der Waals surface area (Å²) in [5.41, 5.74) is 2.86. The maximum atomic E-state index is 12.2. The van der Waals surface area contributed by atoms with Crippen LogP contribution in [0.3, 0.4) is 0 Å². The average molecular weight is 429 g/mol. The molecule has 0 spiro atoms. The molecule has 32 heavy (non-hydrogen) atoms. The van der Waals surface area contributed by atoms with E-state index in [-0.39, 0.29) is 5.70 Å². The zero-order chi connectivity index (χ0) is 22.3. The highest BCUT2D eigenvalue weighted by Crippen LogP contribution is 2.30. The lowest BCUT2D eigenvalue weighted by molar-refractivity contribution is -0.129. The van der Waals surface area contributed by atoms with Gasteiger partial charge in [0.25, 0.3) is 0 Å². The summed E-state index contributed by atoms with van der Waals surface area (Å²) in [6.45, 7) is 2.78. The first-order chi connectivity index (χ1) is 15.6. The highest BCUT2D eigenvalue weighted by molar-refractivity contribution is 6.12. The van der Waals surface area contributed by atoms with Crippen LogP contribution >= 0.6 is 0 Å². The smallest absolute Gasteiger partial charge is 0.363 e. The number of aliphatic imine (C=N–C) groups is 1. The minimum atomic E-state index is -0.489. The summed E-state index contributed by atoms with van der Waals surface area (Å²) in [4.78, 5) is 16.5. The van der Waals surface area contributed by atoms with Crippen molar-refractivity contribution in [3.63, 3.8) is 0 Å². The minimum Gasteiger partial charge on any atom is -0.493 e. The first kappa shape index (κ1) is 21.2. The second-order valence-corrected chi connectivity index (χ2v) is 7.13. The van der Waals surface area contributed by atoms with Crippen LogP contribution in [0.5, 0.6) is 17.2 Å². The third-order valence-corrected chi connectivity index (χ3v) is 4.73. The van der Waals surface area contributed by atoms with Gasteiger partial charge in [0.15, 0.2) is 17.2 Å². The number of nitrogens with zero attached hydrogens (tertiary/aromatic N) is 1. The van der Waals surface area contributed by atoms with E-state index in [1.54, 1.807) is 25.3 Å². The van der Waals surface area contributed by atoms with Gasteiger partial charge < -0.3 is 18.9 Å². The minimum absolute atomic E-state index is 0.228. The standard InChI is InChI=1S/C26H23NO5/c1-18-7-6-10-21(15-18)30-13-14-31-23-12-11-19(17-24(23)29-2)16-22-26(28)32-25(27-22)20-8-4-3-5-9-20/h3-12,15-17H,13-14H2,1-2H3. The maximum absolute atomic E-state index is 12.2. The van der Waals surface area contributed by atoms with Crippen molar-refractivity contribution in [3.05, 3.63) is 95.2 Å². The second kappa shape index (κ2) is 9.83. The first-order valence-corrected chi connectivity index (χ1v) is 10.2. The quantitative estimate of drug-likeness (QED) is 0.292. The number of methoxy groups -OCH3 is 1. The van der Waals surface area contributed by atoms with Crippen LogP contribution in [0.25, 0.3) is 6.08 Å². The lowest BCUT2D eigenvalue weighted by Crippen LogP contribution is -2.09. The van der Waals surface area contributed by atoms with E-state index in [9.17, 15) is 4.79 Å². The van der Waals surface area contributed by atoms with E-state index in [2.05, 4.69) is 4.99 Å². The number of carbonyl (C=O) groups excluding carboxylic acids is 1. The van der Waals surface area contributed by atoms with Gasteiger partial charge in [0.2, 0.25) is 5.90 Å². The van der Waals surface area contributed by atoms with Crippen LogP contribution < -0.4 is 14.2 Å². The summed E-state index contributed by atoms with van der Waals surface area (Å²) in [5, 5.41) is 0. The van der Waals surface area contributed by atoms with Crippen LogP contribution in [0.2, 0.25) is 0 Å². The molecule has 0 bridgehead atoms. The molecule has 1 aliphatic heterocycles. The molecule has 1 heterocycles. The third-order valence-electron chi connectivity index (χ3n) is 4.73. The van der Waals surface area contributed by atoms with Crippen LogP contribution in [-0.2, 0) is 9.53 Å². The molecular formula is C26H23NO5. The van der Waals surface area contributed by atoms with Gasteiger partial charge in [-0.25, -0.2) is 9.79 Å². The predicted molar refractivity (Wildman–Crippen MR) is 122 cm³/mol. The van der Waals surface area contributed by atoms with Gasteiger partial charge in [-0.1, -0.05) is 36.4 Å². The fourth-order valence-corrected chi connectivity index (χ4v) is 3.18. The average Bonchev–Trinajstić information content (AvgIpc) is 3.18. The second-order valence-electron chi connectivity index (χ2n) is 7.13. The number of hydrogen-bond acceptors (Lipinski definition) is 6. The maximum Gasteiger partial charge on any atom is 0.363 e. The fraction of sp³-hybridized carbons (Fsp3) is 0.154. The van der Waals surface area contributed by atoms with Gasteiger partial charge in [-0.05, 0) is 60.5 Å². The van der Waals surface area contributed by atoms with Crippen LogP contribution in [0, 0.1) is 6.92 Å². The van der Waals surface area contributed by atoms with Crippen LogP contribution in [0.15, 0.2) is 83.5 Å². The Kier molecular flexibility index (Phi) is 6.51. The molecule has 4 rings (SSSR count). The van der Waals surface area contributed by atoms with E-state index in [0.717, 1.165) is 22.4 Å². The molecule has 0 unspecified atom stereocenters. The molecule has 0 amide bonds. The Balaban J connectivity index is 1.42. The zero-order valence-electron chi connectivity index (χ0n) is 17.9. The van der Waals surface area contributed by atoms with E-state index in [0.29, 0.717) is 30.6 Å².